The third kappa shape index (κ3) is 4.03. The second-order valence-electron chi connectivity index (χ2n) is 7.27. The number of anilines is 1. The van der Waals surface area contributed by atoms with E-state index in [4.69, 9.17) is 10.5 Å². The summed E-state index contributed by atoms with van der Waals surface area (Å²) >= 11 is 0. The van der Waals surface area contributed by atoms with Crippen LogP contribution in [0.5, 0.6) is 0 Å². The zero-order valence-corrected chi connectivity index (χ0v) is 16.6. The third-order valence-corrected chi connectivity index (χ3v) is 5.44. The van der Waals surface area contributed by atoms with Crippen molar-refractivity contribution in [3.63, 3.8) is 0 Å². The van der Waals surface area contributed by atoms with E-state index >= 15 is 0 Å². The molecule has 4 rings (SSSR count). The number of benzene rings is 2. The highest BCUT2D eigenvalue weighted by molar-refractivity contribution is 5.96. The number of nitrogens with zero attached hydrogens (tertiary/aromatic N) is 4. The zero-order valence-electron chi connectivity index (χ0n) is 16.6. The van der Waals surface area contributed by atoms with E-state index in [1.165, 1.54) is 18.2 Å². The minimum Gasteiger partial charge on any atom is -0.379 e. The number of non-ortho nitro benzene ring substituents is 1. The Balaban J connectivity index is 1.61. The molecule has 2 aromatic carbocycles. The summed E-state index contributed by atoms with van der Waals surface area (Å²) in [5.41, 5.74) is 8.46. The van der Waals surface area contributed by atoms with Crippen LogP contribution in [0.4, 0.5) is 11.6 Å². The van der Waals surface area contributed by atoms with Gasteiger partial charge in [-0.15, -0.1) is 0 Å². The summed E-state index contributed by atoms with van der Waals surface area (Å²) in [6, 6.07) is 13.5. The second kappa shape index (κ2) is 8.60. The lowest BCUT2D eigenvalue weighted by molar-refractivity contribution is -0.642. The number of fused-ring (bicyclic) bond motifs is 1. The first-order valence-corrected chi connectivity index (χ1v) is 9.89. The number of rotatable bonds is 7. The fourth-order valence-electron chi connectivity index (χ4n) is 3.81. The maximum Gasteiger partial charge on any atom is 0.356 e. The number of ether oxygens (including phenoxy) is 1. The van der Waals surface area contributed by atoms with Gasteiger partial charge in [0.2, 0.25) is 0 Å². The molecule has 9 nitrogen and oxygen atoms in total. The Morgan fingerprint density at radius 3 is 2.67 bits per heavy atom. The van der Waals surface area contributed by atoms with Crippen LogP contribution in [0.25, 0.3) is 11.0 Å². The molecule has 0 radical (unpaired) electrons. The molecule has 1 aromatic heterocycles. The molecule has 3 aromatic rings. The van der Waals surface area contributed by atoms with E-state index in [0.717, 1.165) is 43.9 Å². The molecule has 0 atom stereocenters. The number of carbonyl (C=O) groups is 1. The lowest BCUT2D eigenvalue weighted by Crippen LogP contribution is -2.41. The van der Waals surface area contributed by atoms with Gasteiger partial charge in [-0.25, -0.2) is 9.13 Å². The molecule has 1 fully saturated rings. The Morgan fingerprint density at radius 2 is 1.90 bits per heavy atom. The van der Waals surface area contributed by atoms with Gasteiger partial charge in [0, 0.05) is 37.3 Å². The highest BCUT2D eigenvalue weighted by Gasteiger charge is 2.24. The summed E-state index contributed by atoms with van der Waals surface area (Å²) in [7, 11) is 0. The summed E-state index contributed by atoms with van der Waals surface area (Å²) in [5, 5.41) is 11.0. The molecule has 0 bridgehead atoms. The zero-order chi connectivity index (χ0) is 21.1. The smallest absolute Gasteiger partial charge is 0.356 e. The average Bonchev–Trinajstić information content (AvgIpc) is 3.04. The topological polar surface area (TPSA) is 108 Å². The minimum absolute atomic E-state index is 0.0120. The number of nitro benzene ring substituents is 1. The molecular formula is C21H24N5O4+. The first-order chi connectivity index (χ1) is 14.5. The van der Waals surface area contributed by atoms with Gasteiger partial charge in [-0.3, -0.25) is 25.5 Å². The van der Waals surface area contributed by atoms with Gasteiger partial charge >= 0.3 is 5.95 Å². The van der Waals surface area contributed by atoms with Gasteiger partial charge in [-0.2, -0.15) is 0 Å². The van der Waals surface area contributed by atoms with Gasteiger partial charge in [0.1, 0.15) is 17.6 Å². The number of ketones is 1. The van der Waals surface area contributed by atoms with Crippen LogP contribution in [0.2, 0.25) is 0 Å². The molecule has 0 aliphatic carbocycles. The largest absolute Gasteiger partial charge is 0.379 e. The number of nitro groups is 1. The first kappa shape index (κ1) is 20.0. The Kier molecular flexibility index (Phi) is 5.73. The quantitative estimate of drug-likeness (QED) is 0.275. The summed E-state index contributed by atoms with van der Waals surface area (Å²) < 4.78 is 9.19. The van der Waals surface area contributed by atoms with Crippen molar-refractivity contribution < 1.29 is 19.0 Å². The van der Waals surface area contributed by atoms with Crippen molar-refractivity contribution in [1.82, 2.24) is 9.47 Å². The van der Waals surface area contributed by atoms with E-state index in [1.54, 1.807) is 10.6 Å². The number of aromatic nitrogens is 2. The van der Waals surface area contributed by atoms with Gasteiger partial charge in [-0.1, -0.05) is 24.3 Å². The van der Waals surface area contributed by atoms with Gasteiger partial charge < -0.3 is 4.74 Å². The van der Waals surface area contributed by atoms with Crippen molar-refractivity contribution in [1.29, 1.82) is 0 Å². The Labute approximate surface area is 173 Å². The van der Waals surface area contributed by atoms with E-state index < -0.39 is 4.92 Å². The molecule has 0 spiro atoms. The summed E-state index contributed by atoms with van der Waals surface area (Å²) in [4.78, 5) is 25.7. The van der Waals surface area contributed by atoms with Crippen molar-refractivity contribution in [2.24, 2.45) is 0 Å². The van der Waals surface area contributed by atoms with E-state index in [1.807, 2.05) is 28.8 Å². The minimum atomic E-state index is -0.504. The molecule has 9 heteroatoms. The Bertz CT molecular complexity index is 1090. The van der Waals surface area contributed by atoms with Crippen molar-refractivity contribution in [2.45, 2.75) is 13.1 Å². The summed E-state index contributed by atoms with van der Waals surface area (Å²) in [6.45, 7) is 4.81. The normalized spacial score (nSPS) is 14.8. The highest BCUT2D eigenvalue weighted by atomic mass is 16.6. The number of hydrogen-bond acceptors (Lipinski definition) is 6. The highest BCUT2D eigenvalue weighted by Crippen LogP contribution is 2.18. The standard InChI is InChI=1S/C21H23N5O4/c22-21-24(9-8-23-10-12-30-13-11-23)18-6-1-2-7-19(18)25(21)15-20(27)16-4-3-5-17(14-16)26(28)29/h1-7,14,22H,8-13,15H2/p+1. The molecule has 1 aliphatic rings. The predicted octanol–water partition coefficient (Wildman–Crippen LogP) is 1.63. The van der Waals surface area contributed by atoms with Crippen LogP contribution in [0.1, 0.15) is 10.4 Å². The summed E-state index contributed by atoms with van der Waals surface area (Å²) in [6.07, 6.45) is 0. The number of nitrogen functional groups attached to an aromatic ring is 1. The van der Waals surface area contributed by atoms with E-state index in [2.05, 4.69) is 4.90 Å². The number of para-hydroxylation sites is 2. The van der Waals surface area contributed by atoms with Gasteiger partial charge in [0.05, 0.1) is 24.7 Å². The molecule has 0 unspecified atom stereocenters. The predicted molar refractivity (Wildman–Crippen MR) is 111 cm³/mol. The van der Waals surface area contributed by atoms with Crippen LogP contribution in [0.15, 0.2) is 48.5 Å². The maximum atomic E-state index is 12.9. The van der Waals surface area contributed by atoms with Crippen LogP contribution in [0.3, 0.4) is 0 Å². The lowest BCUT2D eigenvalue weighted by Gasteiger charge is -2.25. The van der Waals surface area contributed by atoms with E-state index in [9.17, 15) is 14.9 Å². The molecule has 0 saturated carbocycles. The Morgan fingerprint density at radius 1 is 1.13 bits per heavy atom. The van der Waals surface area contributed by atoms with Crippen LogP contribution < -0.4 is 10.3 Å². The first-order valence-electron chi connectivity index (χ1n) is 9.89. The molecular weight excluding hydrogens is 386 g/mol. The van der Waals surface area contributed by atoms with E-state index in [0.29, 0.717) is 18.1 Å². The van der Waals surface area contributed by atoms with E-state index in [-0.39, 0.29) is 18.0 Å². The average molecular weight is 410 g/mol. The van der Waals surface area contributed by atoms with Crippen molar-refractivity contribution in [3.8, 4) is 0 Å². The van der Waals surface area contributed by atoms with Crippen LogP contribution in [-0.2, 0) is 17.8 Å². The summed E-state index contributed by atoms with van der Waals surface area (Å²) in [5.74, 6) is 0.259. The number of carbonyl (C=O) groups excluding carboxylic acids is 1. The second-order valence-corrected chi connectivity index (χ2v) is 7.27. The number of morpholine rings is 1. The Hall–Kier alpha value is -3.30. The van der Waals surface area contributed by atoms with Crippen LogP contribution in [0, 0.1) is 10.1 Å². The fraction of sp³-hybridized carbons (Fsp3) is 0.333. The van der Waals surface area contributed by atoms with Gasteiger partial charge in [0.15, 0.2) is 5.78 Å². The van der Waals surface area contributed by atoms with Crippen molar-refractivity contribution in [2.75, 3.05) is 38.6 Å². The number of nitrogens with two attached hydrogens (primary N) is 1. The molecule has 2 N–H and O–H groups in total. The van der Waals surface area contributed by atoms with Crippen LogP contribution >= 0.6 is 0 Å². The van der Waals surface area contributed by atoms with Crippen molar-refractivity contribution >= 4 is 28.5 Å². The molecule has 1 saturated heterocycles. The lowest BCUT2D eigenvalue weighted by atomic mass is 10.1. The fourth-order valence-corrected chi connectivity index (χ4v) is 3.81. The number of Topliss-reactive ketones (excluding diaryl/α,β-unsaturated/α-hetero) is 1. The molecule has 0 amide bonds. The number of imidazole rings is 1. The SMILES string of the molecule is Nc1n(CCN2CCOCC2)c2ccccc2[n+]1CC(=O)c1cccc([N+](=O)[O-])c1. The maximum absolute atomic E-state index is 12.9. The monoisotopic (exact) mass is 410 g/mol. The number of hydrogen-bond donors (Lipinski definition) is 1. The molecule has 30 heavy (non-hydrogen) atoms. The van der Waals surface area contributed by atoms with Gasteiger partial charge in [-0.05, 0) is 12.1 Å². The van der Waals surface area contributed by atoms with Crippen molar-refractivity contribution in [3.05, 3.63) is 64.2 Å². The molecule has 2 heterocycles. The molecule has 156 valence electrons. The van der Waals surface area contributed by atoms with Gasteiger partial charge in [0.25, 0.3) is 5.69 Å². The third-order valence-electron chi connectivity index (χ3n) is 5.44. The van der Waals surface area contributed by atoms with Crippen LogP contribution in [-0.4, -0.2) is 53.0 Å². The molecule has 1 aliphatic heterocycles.